The molecule has 11 rings (SSSR count). The van der Waals surface area contributed by atoms with Gasteiger partial charge in [-0.1, -0.05) is 146 Å². The molecule has 0 saturated carbocycles. The lowest BCUT2D eigenvalue weighted by atomic mass is 10.1. The van der Waals surface area contributed by atoms with E-state index in [2.05, 4.69) is 124 Å². The van der Waals surface area contributed by atoms with Gasteiger partial charge < -0.3 is 4.57 Å². The molecule has 0 atom stereocenters. The Balaban J connectivity index is 1.12. The van der Waals surface area contributed by atoms with Gasteiger partial charge in [-0.25, -0.2) is 9.97 Å². The summed E-state index contributed by atoms with van der Waals surface area (Å²) in [6, 6.07) is 67.3. The Morgan fingerprint density at radius 3 is 1.29 bits per heavy atom. The van der Waals surface area contributed by atoms with Gasteiger partial charge in [0.25, 0.3) is 0 Å². The van der Waals surface area contributed by atoms with Crippen molar-refractivity contribution >= 4 is 43.6 Å². The molecule has 4 aromatic heterocycles. The van der Waals surface area contributed by atoms with Gasteiger partial charge >= 0.3 is 0 Å². The predicted molar refractivity (Wildman–Crippen MR) is 228 cm³/mol. The van der Waals surface area contributed by atoms with Crippen molar-refractivity contribution in [1.82, 2.24) is 29.1 Å². The summed E-state index contributed by atoms with van der Waals surface area (Å²) in [4.78, 5) is 20.3. The van der Waals surface area contributed by atoms with Crippen LogP contribution in [0.3, 0.4) is 0 Å². The molecule has 4 heterocycles. The van der Waals surface area contributed by atoms with Crippen molar-refractivity contribution in [3.05, 3.63) is 194 Å². The Kier molecular flexibility index (Phi) is 7.38. The molecule has 0 spiro atoms. The van der Waals surface area contributed by atoms with Crippen LogP contribution < -0.4 is 0 Å². The summed E-state index contributed by atoms with van der Waals surface area (Å²) in [5.41, 5.74) is 11.4. The van der Waals surface area contributed by atoms with Crippen LogP contribution in [0, 0.1) is 0 Å². The third-order valence-electron chi connectivity index (χ3n) is 10.6. The van der Waals surface area contributed by atoms with Crippen molar-refractivity contribution in [2.75, 3.05) is 0 Å². The van der Waals surface area contributed by atoms with E-state index in [1.165, 1.54) is 10.8 Å². The summed E-state index contributed by atoms with van der Waals surface area (Å²) in [6.07, 6.45) is 0. The molecule has 0 unspecified atom stereocenters. The second kappa shape index (κ2) is 13.0. The zero-order chi connectivity index (χ0) is 37.0. The fourth-order valence-electron chi connectivity index (χ4n) is 8.06. The van der Waals surface area contributed by atoms with E-state index in [-0.39, 0.29) is 0 Å². The minimum absolute atomic E-state index is 0.576. The highest BCUT2D eigenvalue weighted by Crippen LogP contribution is 2.42. The van der Waals surface area contributed by atoms with E-state index >= 15 is 0 Å². The number of hydrogen-bond acceptors (Lipinski definition) is 4. The Labute approximate surface area is 322 Å². The minimum Gasteiger partial charge on any atom is -0.309 e. The molecule has 0 fully saturated rings. The monoisotopic (exact) mass is 716 g/mol. The van der Waals surface area contributed by atoms with Gasteiger partial charge in [0.2, 0.25) is 5.95 Å². The highest BCUT2D eigenvalue weighted by molar-refractivity contribution is 6.28. The third-order valence-corrected chi connectivity index (χ3v) is 10.6. The SMILES string of the molecule is c1ccc(-c2cccc(-c3ccc(-n4c5ccccc5c5c6c7ccccc7n(-c7nc(-c8ccccc8)nc(-c8ccccc8)n7)c6ccc54)cc3)n2)cc1. The first-order valence-electron chi connectivity index (χ1n) is 18.7. The molecule has 6 heteroatoms. The fraction of sp³-hybridized carbons (Fsp3) is 0. The van der Waals surface area contributed by atoms with Crippen molar-refractivity contribution in [3.63, 3.8) is 0 Å². The van der Waals surface area contributed by atoms with Crippen LogP contribution in [0.15, 0.2) is 194 Å². The second-order valence-electron chi connectivity index (χ2n) is 13.9. The molecule has 0 aliphatic heterocycles. The van der Waals surface area contributed by atoms with Gasteiger partial charge in [0.05, 0.1) is 33.5 Å². The van der Waals surface area contributed by atoms with Gasteiger partial charge in [0.15, 0.2) is 11.6 Å². The third kappa shape index (κ3) is 5.19. The number of benzene rings is 7. The highest BCUT2D eigenvalue weighted by atomic mass is 15.2. The Bertz CT molecular complexity index is 3160. The molecule has 6 nitrogen and oxygen atoms in total. The van der Waals surface area contributed by atoms with Crippen LogP contribution in [-0.2, 0) is 0 Å². The molecule has 0 aliphatic carbocycles. The summed E-state index contributed by atoms with van der Waals surface area (Å²) in [5.74, 6) is 1.83. The van der Waals surface area contributed by atoms with Crippen LogP contribution in [-0.4, -0.2) is 29.1 Å². The van der Waals surface area contributed by atoms with Crippen LogP contribution in [0.2, 0.25) is 0 Å². The van der Waals surface area contributed by atoms with Crippen LogP contribution in [0.4, 0.5) is 0 Å². The number of nitrogens with zero attached hydrogens (tertiary/aromatic N) is 6. The minimum atomic E-state index is 0.576. The summed E-state index contributed by atoms with van der Waals surface area (Å²) in [5, 5.41) is 4.67. The lowest BCUT2D eigenvalue weighted by Gasteiger charge is -2.11. The fourth-order valence-corrected chi connectivity index (χ4v) is 8.06. The molecule has 0 aliphatic rings. The van der Waals surface area contributed by atoms with Crippen molar-refractivity contribution < 1.29 is 0 Å². The molecule has 0 N–H and O–H groups in total. The summed E-state index contributed by atoms with van der Waals surface area (Å²) in [6.45, 7) is 0. The van der Waals surface area contributed by atoms with E-state index in [0.717, 1.165) is 72.2 Å². The number of para-hydroxylation sites is 2. The average molecular weight is 717 g/mol. The zero-order valence-electron chi connectivity index (χ0n) is 30.2. The van der Waals surface area contributed by atoms with E-state index in [1.54, 1.807) is 0 Å². The molecule has 262 valence electrons. The number of fused-ring (bicyclic) bond motifs is 7. The van der Waals surface area contributed by atoms with Gasteiger partial charge in [-0.05, 0) is 48.5 Å². The number of rotatable bonds is 6. The van der Waals surface area contributed by atoms with Crippen LogP contribution in [0.5, 0.6) is 0 Å². The smallest absolute Gasteiger partial charge is 0.238 e. The van der Waals surface area contributed by atoms with Crippen LogP contribution in [0.25, 0.3) is 101 Å². The topological polar surface area (TPSA) is 61.4 Å². The zero-order valence-corrected chi connectivity index (χ0v) is 30.2. The van der Waals surface area contributed by atoms with E-state index in [4.69, 9.17) is 19.9 Å². The standard InChI is InChI=1S/C50H32N6/c1-4-15-33(16-5-1)40-23-14-24-41(51-40)34-27-29-37(30-28-34)55-42-25-12-10-21-38(42)46-44(55)31-32-45-47(46)39-22-11-13-26-43(39)56(45)50-53-48(35-17-6-2-7-18-35)52-49(54-50)36-19-8-3-9-20-36/h1-32H. The first-order valence-corrected chi connectivity index (χ1v) is 18.7. The Morgan fingerprint density at radius 2 is 0.732 bits per heavy atom. The Hall–Kier alpha value is -7.70. The maximum absolute atomic E-state index is 5.15. The largest absolute Gasteiger partial charge is 0.309 e. The van der Waals surface area contributed by atoms with Gasteiger partial charge in [-0.3, -0.25) is 4.57 Å². The molecular formula is C50H32N6. The first-order chi connectivity index (χ1) is 27.8. The van der Waals surface area contributed by atoms with Crippen LogP contribution >= 0.6 is 0 Å². The highest BCUT2D eigenvalue weighted by Gasteiger charge is 2.22. The molecule has 11 aromatic rings. The van der Waals surface area contributed by atoms with E-state index in [0.29, 0.717) is 17.6 Å². The lowest BCUT2D eigenvalue weighted by Crippen LogP contribution is -2.06. The second-order valence-corrected chi connectivity index (χ2v) is 13.9. The maximum Gasteiger partial charge on any atom is 0.238 e. The molecule has 0 saturated heterocycles. The molecule has 0 radical (unpaired) electrons. The molecule has 0 amide bonds. The number of hydrogen-bond donors (Lipinski definition) is 0. The lowest BCUT2D eigenvalue weighted by molar-refractivity contribution is 0.953. The number of aromatic nitrogens is 6. The van der Waals surface area contributed by atoms with Crippen molar-refractivity contribution in [1.29, 1.82) is 0 Å². The number of pyridine rings is 1. The van der Waals surface area contributed by atoms with Crippen molar-refractivity contribution in [2.45, 2.75) is 0 Å². The van der Waals surface area contributed by atoms with Gasteiger partial charge in [0, 0.05) is 49.5 Å². The van der Waals surface area contributed by atoms with E-state index < -0.39 is 0 Å². The van der Waals surface area contributed by atoms with E-state index in [1.807, 2.05) is 78.9 Å². The normalized spacial score (nSPS) is 11.6. The summed E-state index contributed by atoms with van der Waals surface area (Å²) in [7, 11) is 0. The molecule has 0 bridgehead atoms. The molecule has 7 aromatic carbocycles. The van der Waals surface area contributed by atoms with Crippen molar-refractivity contribution in [2.24, 2.45) is 0 Å². The predicted octanol–water partition coefficient (Wildman–Crippen LogP) is 12.1. The van der Waals surface area contributed by atoms with Gasteiger partial charge in [-0.15, -0.1) is 0 Å². The maximum atomic E-state index is 5.15. The van der Waals surface area contributed by atoms with Crippen molar-refractivity contribution in [3.8, 4) is 56.9 Å². The quantitative estimate of drug-likeness (QED) is 0.172. The van der Waals surface area contributed by atoms with Gasteiger partial charge in [0.1, 0.15) is 0 Å². The van der Waals surface area contributed by atoms with Gasteiger partial charge in [-0.2, -0.15) is 9.97 Å². The Morgan fingerprint density at radius 1 is 0.286 bits per heavy atom. The average Bonchev–Trinajstić information content (AvgIpc) is 3.80. The summed E-state index contributed by atoms with van der Waals surface area (Å²) < 4.78 is 4.57. The first kappa shape index (κ1) is 31.8. The molecule has 56 heavy (non-hydrogen) atoms. The molecular weight excluding hydrogens is 685 g/mol. The van der Waals surface area contributed by atoms with Crippen LogP contribution in [0.1, 0.15) is 0 Å². The van der Waals surface area contributed by atoms with E-state index in [9.17, 15) is 0 Å². The summed E-state index contributed by atoms with van der Waals surface area (Å²) >= 11 is 0.